The van der Waals surface area contributed by atoms with Gasteiger partial charge in [-0.05, 0) is 164 Å². The van der Waals surface area contributed by atoms with Gasteiger partial charge in [0.15, 0.2) is 0 Å². The second kappa shape index (κ2) is 24.7. The van der Waals surface area contributed by atoms with Crippen LogP contribution in [0.2, 0.25) is 0 Å². The van der Waals surface area contributed by atoms with E-state index in [1.165, 1.54) is 103 Å². The fraction of sp³-hybridized carbons (Fsp3) is 0.288. The van der Waals surface area contributed by atoms with E-state index in [0.717, 1.165) is 25.7 Å². The average Bonchev–Trinajstić information content (AvgIpc) is 3.36. The van der Waals surface area contributed by atoms with Gasteiger partial charge in [0.2, 0.25) is 0 Å². The van der Waals surface area contributed by atoms with Gasteiger partial charge in [-0.15, -0.1) is 0 Å². The van der Waals surface area contributed by atoms with E-state index in [2.05, 4.69) is 0 Å². The zero-order valence-corrected chi connectivity index (χ0v) is 41.9. The van der Waals surface area contributed by atoms with Gasteiger partial charge in [0.05, 0.1) is 22.3 Å². The predicted octanol–water partition coefficient (Wildman–Crippen LogP) is 12.6. The van der Waals surface area contributed by atoms with E-state index in [-0.39, 0.29) is 58.1 Å². The number of rotatable bonds is 21. The molecule has 0 saturated carbocycles. The number of carbonyl (C=O) groups excluding carboxylic acids is 6. The molecule has 0 aliphatic heterocycles. The third kappa shape index (κ3) is 15.9. The number of phenolic OH excluding ortho intramolecular Hbond substituents is 2. The highest BCUT2D eigenvalue weighted by molar-refractivity contribution is 5.93. The molecule has 6 aromatic rings. The van der Waals surface area contributed by atoms with Gasteiger partial charge in [0, 0.05) is 24.0 Å². The molecular weight excluding hydrogens is 933 g/mol. The van der Waals surface area contributed by atoms with Crippen LogP contribution in [0.5, 0.6) is 46.0 Å². The average molecular weight is 993 g/mol. The summed E-state index contributed by atoms with van der Waals surface area (Å²) >= 11 is 0. The second-order valence-corrected chi connectivity index (χ2v) is 19.1. The summed E-state index contributed by atoms with van der Waals surface area (Å²) in [5, 5.41) is 19.1. The van der Waals surface area contributed by atoms with E-state index in [0.29, 0.717) is 53.4 Å². The molecule has 0 unspecified atom stereocenters. The first-order valence-electron chi connectivity index (χ1n) is 24.2. The van der Waals surface area contributed by atoms with Crippen molar-refractivity contribution in [3.8, 4) is 46.0 Å². The fourth-order valence-electron chi connectivity index (χ4n) is 7.40. The maximum absolute atomic E-state index is 13.2. The van der Waals surface area contributed by atoms with Crippen molar-refractivity contribution in [1.82, 2.24) is 0 Å². The number of hydrogen-bond acceptors (Lipinski definition) is 14. The molecule has 6 aromatic carbocycles. The summed E-state index contributed by atoms with van der Waals surface area (Å²) in [7, 11) is 0. The van der Waals surface area contributed by atoms with Gasteiger partial charge >= 0.3 is 35.8 Å². The monoisotopic (exact) mass is 992 g/mol. The quantitative estimate of drug-likeness (QED) is 0.0392. The number of phenols is 2. The molecule has 0 bridgehead atoms. The first-order chi connectivity index (χ1) is 34.8. The minimum absolute atomic E-state index is 0.0284. The van der Waals surface area contributed by atoms with Crippen LogP contribution in [0, 0.1) is 0 Å². The Kier molecular flexibility index (Phi) is 18.3. The Balaban J connectivity index is 0.863. The minimum atomic E-state index is -0.620. The van der Waals surface area contributed by atoms with Crippen molar-refractivity contribution in [2.24, 2.45) is 0 Å². The van der Waals surface area contributed by atoms with E-state index in [1.54, 1.807) is 30.3 Å². The van der Waals surface area contributed by atoms with Gasteiger partial charge in [-0.1, -0.05) is 67.2 Å². The molecule has 0 saturated heterocycles. The van der Waals surface area contributed by atoms with Gasteiger partial charge in [0.25, 0.3) is 0 Å². The van der Waals surface area contributed by atoms with Crippen molar-refractivity contribution in [3.63, 3.8) is 0 Å². The molecule has 0 aliphatic rings. The van der Waals surface area contributed by atoms with Gasteiger partial charge in [-0.25, -0.2) is 19.2 Å². The Labute approximate surface area is 424 Å². The molecule has 6 rings (SSSR count). The topological polar surface area (TPSA) is 198 Å². The summed E-state index contributed by atoms with van der Waals surface area (Å²) in [5.41, 5.74) is 1.41. The van der Waals surface area contributed by atoms with Crippen LogP contribution >= 0.6 is 0 Å². The lowest BCUT2D eigenvalue weighted by Gasteiger charge is -2.26. The Morgan fingerprint density at radius 3 is 1.07 bits per heavy atom. The third-order valence-electron chi connectivity index (χ3n) is 12.0. The molecule has 73 heavy (non-hydrogen) atoms. The van der Waals surface area contributed by atoms with Crippen molar-refractivity contribution in [1.29, 1.82) is 0 Å². The van der Waals surface area contributed by atoms with Crippen LogP contribution in [0.1, 0.15) is 152 Å². The van der Waals surface area contributed by atoms with Crippen LogP contribution in [-0.4, -0.2) is 46.0 Å². The summed E-state index contributed by atoms with van der Waals surface area (Å²) in [6.07, 6.45) is 5.75. The van der Waals surface area contributed by atoms with Gasteiger partial charge in [-0.2, -0.15) is 0 Å². The fourth-order valence-corrected chi connectivity index (χ4v) is 7.40. The molecule has 14 nitrogen and oxygen atoms in total. The van der Waals surface area contributed by atoms with Gasteiger partial charge < -0.3 is 38.6 Å². The standard InChI is InChI=1S/C59H60O14/c1-7-59(5,6)49-37-47(71-55(65)39-18-26-43(61)27-19-39)33-35-51(49)73-57(67)41-22-30-45(31-23-41)69-53(63)15-13-11-9-8-10-12-14-52(62)68-44-28-20-40(21-29-44)56(66)72-50-34-32-46(36-48(50)58(2,3)4)70-54(64)38-16-24-42(60)25-17-38/h16-37,60-61H,7-15H2,1-6H3. The first kappa shape index (κ1) is 54.1. The first-order valence-corrected chi connectivity index (χ1v) is 24.2. The second-order valence-electron chi connectivity index (χ2n) is 19.1. The number of esters is 6. The lowest BCUT2D eigenvalue weighted by molar-refractivity contribution is -0.135. The Bertz CT molecular complexity index is 2890. The molecule has 14 heteroatoms. The smallest absolute Gasteiger partial charge is 0.343 e. The number of carbonyl (C=O) groups is 6. The van der Waals surface area contributed by atoms with E-state index < -0.39 is 46.6 Å². The lowest BCUT2D eigenvalue weighted by Crippen LogP contribution is -2.19. The zero-order valence-electron chi connectivity index (χ0n) is 41.9. The van der Waals surface area contributed by atoms with E-state index in [4.69, 9.17) is 28.4 Å². The number of aromatic hydroxyl groups is 2. The maximum atomic E-state index is 13.2. The SMILES string of the molecule is CCC(C)(C)c1cc(OC(=O)c2ccc(O)cc2)ccc1OC(=O)c1ccc(OC(=O)CCCCCCCCC(=O)Oc2ccc(C(=O)Oc3ccc(OC(=O)c4ccc(O)cc4)cc3C(C)(C)C)cc2)cc1. The highest BCUT2D eigenvalue weighted by Gasteiger charge is 2.27. The molecule has 0 amide bonds. The number of unbranched alkanes of at least 4 members (excludes halogenated alkanes) is 5. The third-order valence-corrected chi connectivity index (χ3v) is 12.0. The van der Waals surface area contributed by atoms with Gasteiger partial charge in [0.1, 0.15) is 46.0 Å². The predicted molar refractivity (Wildman–Crippen MR) is 272 cm³/mol. The molecule has 0 heterocycles. The summed E-state index contributed by atoms with van der Waals surface area (Å²) in [6, 6.07) is 33.2. The van der Waals surface area contributed by atoms with Crippen LogP contribution in [0.15, 0.2) is 133 Å². The van der Waals surface area contributed by atoms with Crippen molar-refractivity contribution >= 4 is 35.8 Å². The van der Waals surface area contributed by atoms with Crippen molar-refractivity contribution in [2.75, 3.05) is 0 Å². The number of ether oxygens (including phenoxy) is 6. The number of hydrogen-bond donors (Lipinski definition) is 2. The molecule has 2 N–H and O–H groups in total. The molecule has 380 valence electrons. The summed E-state index contributed by atoms with van der Waals surface area (Å²) in [5.74, 6) is -1.42. The molecular formula is C59H60O14. The summed E-state index contributed by atoms with van der Waals surface area (Å²) in [4.78, 5) is 76.9. The number of benzene rings is 6. The van der Waals surface area contributed by atoms with Crippen LogP contribution < -0.4 is 28.4 Å². The van der Waals surface area contributed by atoms with Crippen molar-refractivity contribution < 1.29 is 67.4 Å². The van der Waals surface area contributed by atoms with Crippen LogP contribution in [0.3, 0.4) is 0 Å². The Hall–Kier alpha value is -8.26. The van der Waals surface area contributed by atoms with E-state index >= 15 is 0 Å². The van der Waals surface area contributed by atoms with Gasteiger partial charge in [-0.3, -0.25) is 9.59 Å². The van der Waals surface area contributed by atoms with Crippen molar-refractivity contribution in [2.45, 2.75) is 110 Å². The zero-order chi connectivity index (χ0) is 52.7. The largest absolute Gasteiger partial charge is 0.508 e. The summed E-state index contributed by atoms with van der Waals surface area (Å²) in [6.45, 7) is 11.8. The summed E-state index contributed by atoms with van der Waals surface area (Å²) < 4.78 is 33.7. The molecule has 0 aliphatic carbocycles. The molecule has 0 aromatic heterocycles. The van der Waals surface area contributed by atoms with Crippen LogP contribution in [-0.2, 0) is 20.4 Å². The molecule has 0 radical (unpaired) electrons. The molecule has 0 atom stereocenters. The highest BCUT2D eigenvalue weighted by atomic mass is 16.6. The normalized spacial score (nSPS) is 11.3. The highest BCUT2D eigenvalue weighted by Crippen LogP contribution is 2.38. The minimum Gasteiger partial charge on any atom is -0.508 e. The maximum Gasteiger partial charge on any atom is 0.343 e. The Morgan fingerprint density at radius 2 is 0.699 bits per heavy atom. The van der Waals surface area contributed by atoms with Crippen molar-refractivity contribution in [3.05, 3.63) is 167 Å². The van der Waals surface area contributed by atoms with E-state index in [9.17, 15) is 39.0 Å². The van der Waals surface area contributed by atoms with Crippen LogP contribution in [0.4, 0.5) is 0 Å². The van der Waals surface area contributed by atoms with Crippen LogP contribution in [0.25, 0.3) is 0 Å². The molecule has 0 spiro atoms. The van der Waals surface area contributed by atoms with E-state index in [1.807, 2.05) is 41.5 Å². The lowest BCUT2D eigenvalue weighted by atomic mass is 9.81. The molecule has 0 fully saturated rings. The Morgan fingerprint density at radius 1 is 0.384 bits per heavy atom.